The van der Waals surface area contributed by atoms with Gasteiger partial charge in [-0.1, -0.05) is 60.7 Å². The van der Waals surface area contributed by atoms with Crippen LogP contribution in [0.2, 0.25) is 0 Å². The maximum atomic E-state index is 14.6. The first-order valence-corrected chi connectivity index (χ1v) is 13.8. The van der Waals surface area contributed by atoms with Crippen molar-refractivity contribution in [1.29, 1.82) is 0 Å². The topological polar surface area (TPSA) is 80.3 Å². The summed E-state index contributed by atoms with van der Waals surface area (Å²) in [6, 6.07) is 24.1. The van der Waals surface area contributed by atoms with Crippen molar-refractivity contribution in [3.8, 4) is 23.0 Å². The molecule has 0 radical (unpaired) electrons. The Morgan fingerprint density at radius 2 is 0.953 bits per heavy atom. The minimum atomic E-state index is -0.870. The molecular weight excluding hydrogens is 558 g/mol. The predicted molar refractivity (Wildman–Crippen MR) is 156 cm³/mol. The Morgan fingerprint density at radius 3 is 1.35 bits per heavy atom. The lowest BCUT2D eigenvalue weighted by Crippen LogP contribution is -2.08. The quantitative estimate of drug-likeness (QED) is 0.0885. The van der Waals surface area contributed by atoms with Gasteiger partial charge in [-0.25, -0.2) is 8.78 Å². The summed E-state index contributed by atoms with van der Waals surface area (Å²) in [4.78, 5) is 23.7. The maximum Gasteiger partial charge on any atom is 0.182 e. The van der Waals surface area contributed by atoms with Crippen molar-refractivity contribution < 1.29 is 42.1 Å². The molecule has 4 aromatic rings. The Balaban J connectivity index is 1.41. The monoisotopic (exact) mass is 590 g/mol. The van der Waals surface area contributed by atoms with Crippen LogP contribution in [0.15, 0.2) is 84.9 Å². The van der Waals surface area contributed by atoms with Crippen molar-refractivity contribution in [2.75, 3.05) is 26.4 Å². The first-order chi connectivity index (χ1) is 21.1. The lowest BCUT2D eigenvalue weighted by molar-refractivity contribution is 0.106. The van der Waals surface area contributed by atoms with Gasteiger partial charge in [0.2, 0.25) is 0 Å². The largest absolute Gasteiger partial charge is 0.490 e. The fourth-order valence-electron chi connectivity index (χ4n) is 4.09. The first-order valence-electron chi connectivity index (χ1n) is 13.8. The third kappa shape index (κ3) is 9.19. The zero-order valence-corrected chi connectivity index (χ0v) is 23.5. The molecule has 9 heteroatoms. The molecule has 0 fully saturated rings. The number of aldehydes is 2. The van der Waals surface area contributed by atoms with Crippen molar-refractivity contribution in [2.24, 2.45) is 0 Å². The van der Waals surface area contributed by atoms with E-state index >= 15 is 0 Å². The summed E-state index contributed by atoms with van der Waals surface area (Å²) in [6.07, 6.45) is 1.51. The third-order valence-corrected chi connectivity index (χ3v) is 6.26. The van der Waals surface area contributed by atoms with E-state index in [1.807, 2.05) is 60.7 Å². The summed E-state index contributed by atoms with van der Waals surface area (Å²) < 4.78 is 58.0. The number of hydrogen-bond donors (Lipinski definition) is 0. The molecule has 0 amide bonds. The minimum Gasteiger partial charge on any atom is -0.490 e. The average Bonchev–Trinajstić information content (AvgIpc) is 3.03. The van der Waals surface area contributed by atoms with Gasteiger partial charge in [-0.2, -0.15) is 0 Å². The van der Waals surface area contributed by atoms with Crippen molar-refractivity contribution in [3.63, 3.8) is 0 Å². The second kappa shape index (κ2) is 16.7. The Labute approximate surface area is 248 Å². The molecule has 0 spiro atoms. The summed E-state index contributed by atoms with van der Waals surface area (Å²) >= 11 is 0. The molecule has 224 valence electrons. The molecule has 4 aromatic carbocycles. The Bertz CT molecular complexity index is 1350. The fraction of sp³-hybridized carbons (Fsp3) is 0.235. The molecule has 0 N–H and O–H groups in total. The molecule has 0 aromatic heterocycles. The summed E-state index contributed by atoms with van der Waals surface area (Å²) in [5.74, 6) is -2.27. The van der Waals surface area contributed by atoms with Gasteiger partial charge in [-0.05, 0) is 35.4 Å². The molecule has 0 bridgehead atoms. The Kier molecular flexibility index (Phi) is 12.2. The van der Waals surface area contributed by atoms with Crippen LogP contribution in [0.4, 0.5) is 8.78 Å². The van der Waals surface area contributed by atoms with Gasteiger partial charge >= 0.3 is 0 Å². The van der Waals surface area contributed by atoms with Gasteiger partial charge in [-0.3, -0.25) is 9.59 Å². The van der Waals surface area contributed by atoms with E-state index in [0.29, 0.717) is 39.3 Å². The molecule has 0 aliphatic heterocycles. The molecule has 0 aliphatic carbocycles. The smallest absolute Gasteiger partial charge is 0.182 e. The van der Waals surface area contributed by atoms with Gasteiger partial charge in [0.05, 0.1) is 50.8 Å². The highest BCUT2D eigenvalue weighted by atomic mass is 19.1. The molecule has 4 rings (SSSR count). The lowest BCUT2D eigenvalue weighted by atomic mass is 10.1. The SMILES string of the molecule is O=Cc1c(F)ccc(OCCCOCc2ccccc2)c1Oc1c(OCCCOCc2ccccc2)ccc(F)c1C=O. The zero-order chi connectivity index (χ0) is 30.3. The molecule has 0 heterocycles. The van der Waals surface area contributed by atoms with Gasteiger partial charge in [-0.15, -0.1) is 0 Å². The van der Waals surface area contributed by atoms with Crippen LogP contribution in [0, 0.1) is 11.6 Å². The normalized spacial score (nSPS) is 10.7. The van der Waals surface area contributed by atoms with E-state index in [2.05, 4.69) is 0 Å². The van der Waals surface area contributed by atoms with Gasteiger partial charge in [0.25, 0.3) is 0 Å². The van der Waals surface area contributed by atoms with Gasteiger partial charge < -0.3 is 23.7 Å². The van der Waals surface area contributed by atoms with Gasteiger partial charge in [0.1, 0.15) is 11.6 Å². The third-order valence-electron chi connectivity index (χ3n) is 6.26. The van der Waals surface area contributed by atoms with E-state index in [1.54, 1.807) is 0 Å². The van der Waals surface area contributed by atoms with Crippen LogP contribution in [-0.2, 0) is 22.7 Å². The Hall–Kier alpha value is -4.60. The second-order valence-electron chi connectivity index (χ2n) is 9.39. The van der Waals surface area contributed by atoms with Crippen LogP contribution in [0.3, 0.4) is 0 Å². The van der Waals surface area contributed by atoms with E-state index < -0.39 is 22.8 Å². The van der Waals surface area contributed by atoms with Crippen LogP contribution >= 0.6 is 0 Å². The predicted octanol–water partition coefficient (Wildman–Crippen LogP) is 7.35. The number of ether oxygens (including phenoxy) is 5. The van der Waals surface area contributed by atoms with Crippen molar-refractivity contribution in [3.05, 3.63) is 119 Å². The van der Waals surface area contributed by atoms with Crippen LogP contribution < -0.4 is 14.2 Å². The maximum absolute atomic E-state index is 14.6. The standard InChI is InChI=1S/C34H32F2O7/c35-29-13-15-31(41-19-7-17-39-23-25-9-3-1-4-10-25)33(27(29)21-37)43-34-28(22-38)30(36)14-16-32(34)42-20-8-18-40-24-26-11-5-2-6-12-26/h1-6,9-16,21-22H,7-8,17-20,23-24H2. The second-order valence-corrected chi connectivity index (χ2v) is 9.39. The van der Waals surface area contributed by atoms with Gasteiger partial charge in [0.15, 0.2) is 35.6 Å². The fourth-order valence-corrected chi connectivity index (χ4v) is 4.09. The molecule has 0 saturated heterocycles. The van der Waals surface area contributed by atoms with Crippen LogP contribution in [0.5, 0.6) is 23.0 Å². The summed E-state index contributed by atoms with van der Waals surface area (Å²) in [6.45, 7) is 1.97. The average molecular weight is 591 g/mol. The molecule has 43 heavy (non-hydrogen) atoms. The lowest BCUT2D eigenvalue weighted by Gasteiger charge is -2.18. The van der Waals surface area contributed by atoms with E-state index in [4.69, 9.17) is 23.7 Å². The van der Waals surface area contributed by atoms with E-state index in [1.165, 1.54) is 12.1 Å². The first kappa shape index (κ1) is 31.3. The molecule has 0 saturated carbocycles. The molecule has 7 nitrogen and oxygen atoms in total. The highest BCUT2D eigenvalue weighted by molar-refractivity contribution is 5.84. The van der Waals surface area contributed by atoms with E-state index in [0.717, 1.165) is 23.3 Å². The Morgan fingerprint density at radius 1 is 0.535 bits per heavy atom. The van der Waals surface area contributed by atoms with Crippen molar-refractivity contribution in [2.45, 2.75) is 26.1 Å². The van der Waals surface area contributed by atoms with Crippen LogP contribution in [0.1, 0.15) is 44.7 Å². The number of halogens is 2. The molecule has 0 unspecified atom stereocenters. The number of carbonyl (C=O) groups excluding carboxylic acids is 2. The molecule has 0 aliphatic rings. The number of benzene rings is 4. The highest BCUT2D eigenvalue weighted by Gasteiger charge is 2.23. The van der Waals surface area contributed by atoms with E-state index in [9.17, 15) is 18.4 Å². The zero-order valence-electron chi connectivity index (χ0n) is 23.5. The van der Waals surface area contributed by atoms with Crippen molar-refractivity contribution >= 4 is 12.6 Å². The van der Waals surface area contributed by atoms with Crippen LogP contribution in [0.25, 0.3) is 0 Å². The van der Waals surface area contributed by atoms with Gasteiger partial charge in [0, 0.05) is 12.8 Å². The molecule has 0 atom stereocenters. The number of carbonyl (C=O) groups is 2. The summed E-state index contributed by atoms with van der Waals surface area (Å²) in [7, 11) is 0. The molecular formula is C34H32F2O7. The summed E-state index contributed by atoms with van der Waals surface area (Å²) in [5.41, 5.74) is 1.18. The summed E-state index contributed by atoms with van der Waals surface area (Å²) in [5, 5.41) is 0. The minimum absolute atomic E-state index is 0.0351. The highest BCUT2D eigenvalue weighted by Crippen LogP contribution is 2.42. The number of rotatable bonds is 18. The number of hydrogen-bond acceptors (Lipinski definition) is 7. The van der Waals surface area contributed by atoms with E-state index in [-0.39, 0.29) is 48.8 Å². The van der Waals surface area contributed by atoms with Crippen molar-refractivity contribution in [1.82, 2.24) is 0 Å². The van der Waals surface area contributed by atoms with Crippen LogP contribution in [-0.4, -0.2) is 39.0 Å².